The molecule has 0 aliphatic rings. The van der Waals surface area contributed by atoms with Crippen LogP contribution in [0.15, 0.2) is 48.5 Å². The van der Waals surface area contributed by atoms with E-state index in [0.29, 0.717) is 0 Å². The Labute approximate surface area is 155 Å². The summed E-state index contributed by atoms with van der Waals surface area (Å²) in [5, 5.41) is 10.7. The second kappa shape index (κ2) is 11.1. The number of ether oxygens (including phenoxy) is 1. The van der Waals surface area contributed by atoms with E-state index in [9.17, 15) is 10.1 Å². The summed E-state index contributed by atoms with van der Waals surface area (Å²) in [5.74, 6) is 0.894. The van der Waals surface area contributed by atoms with E-state index in [2.05, 4.69) is 6.92 Å². The van der Waals surface area contributed by atoms with Gasteiger partial charge in [0.05, 0.1) is 11.5 Å². The SMILES string of the molecule is CCCCCCCCOc1ccc(/C=C/c2ccc([N+](=O)[O-])cc2)cc1. The first kappa shape index (κ1) is 19.7. The molecule has 0 aliphatic carbocycles. The highest BCUT2D eigenvalue weighted by molar-refractivity contribution is 5.70. The quantitative estimate of drug-likeness (QED) is 0.200. The van der Waals surface area contributed by atoms with Crippen LogP contribution >= 0.6 is 0 Å². The first-order valence-electron chi connectivity index (χ1n) is 9.34. The summed E-state index contributed by atoms with van der Waals surface area (Å²) in [4.78, 5) is 10.3. The molecule has 0 unspecified atom stereocenters. The van der Waals surface area contributed by atoms with Gasteiger partial charge in [0.25, 0.3) is 5.69 Å². The van der Waals surface area contributed by atoms with Crippen molar-refractivity contribution in [3.63, 3.8) is 0 Å². The van der Waals surface area contributed by atoms with Gasteiger partial charge >= 0.3 is 0 Å². The average molecular weight is 353 g/mol. The van der Waals surface area contributed by atoms with Crippen LogP contribution in [0, 0.1) is 10.1 Å². The van der Waals surface area contributed by atoms with Crippen LogP contribution in [0.25, 0.3) is 12.2 Å². The molecule has 0 saturated carbocycles. The molecule has 26 heavy (non-hydrogen) atoms. The van der Waals surface area contributed by atoms with Crippen molar-refractivity contribution in [3.05, 3.63) is 69.8 Å². The molecular weight excluding hydrogens is 326 g/mol. The van der Waals surface area contributed by atoms with Crippen LogP contribution < -0.4 is 4.74 Å². The minimum absolute atomic E-state index is 0.106. The molecule has 0 bridgehead atoms. The van der Waals surface area contributed by atoms with Crippen molar-refractivity contribution in [2.24, 2.45) is 0 Å². The summed E-state index contributed by atoms with van der Waals surface area (Å²) in [6.45, 7) is 3.00. The fraction of sp³-hybridized carbons (Fsp3) is 0.364. The molecule has 2 rings (SSSR count). The number of nitro groups is 1. The third kappa shape index (κ3) is 7.09. The van der Waals surface area contributed by atoms with Gasteiger partial charge in [-0.25, -0.2) is 0 Å². The number of hydrogen-bond donors (Lipinski definition) is 0. The highest BCUT2D eigenvalue weighted by Gasteiger charge is 2.02. The molecule has 2 aromatic rings. The molecule has 0 saturated heterocycles. The molecule has 0 amide bonds. The maximum absolute atomic E-state index is 10.7. The van der Waals surface area contributed by atoms with Gasteiger partial charge in [-0.05, 0) is 41.8 Å². The fourth-order valence-corrected chi connectivity index (χ4v) is 2.65. The topological polar surface area (TPSA) is 52.4 Å². The number of benzene rings is 2. The number of nitrogens with zero attached hydrogens (tertiary/aromatic N) is 1. The molecule has 0 N–H and O–H groups in total. The van der Waals surface area contributed by atoms with Crippen LogP contribution in [0.3, 0.4) is 0 Å². The zero-order valence-corrected chi connectivity index (χ0v) is 15.4. The van der Waals surface area contributed by atoms with E-state index < -0.39 is 4.92 Å². The first-order valence-corrected chi connectivity index (χ1v) is 9.34. The van der Waals surface area contributed by atoms with Gasteiger partial charge in [0.1, 0.15) is 5.75 Å². The zero-order valence-electron chi connectivity index (χ0n) is 15.4. The summed E-state index contributed by atoms with van der Waals surface area (Å²) in [5.41, 5.74) is 2.10. The molecular formula is C22H27NO3. The monoisotopic (exact) mass is 353 g/mol. The lowest BCUT2D eigenvalue weighted by atomic mass is 10.1. The second-order valence-corrected chi connectivity index (χ2v) is 6.37. The van der Waals surface area contributed by atoms with Crippen molar-refractivity contribution >= 4 is 17.8 Å². The van der Waals surface area contributed by atoms with E-state index in [4.69, 9.17) is 4.74 Å². The van der Waals surface area contributed by atoms with Gasteiger partial charge in [-0.2, -0.15) is 0 Å². The van der Waals surface area contributed by atoms with Crippen LogP contribution in [0.2, 0.25) is 0 Å². The minimum atomic E-state index is -0.391. The largest absolute Gasteiger partial charge is 0.494 e. The number of hydrogen-bond acceptors (Lipinski definition) is 3. The Hall–Kier alpha value is -2.62. The highest BCUT2D eigenvalue weighted by atomic mass is 16.6. The number of nitro benzene ring substituents is 1. The standard InChI is InChI=1S/C22H27NO3/c1-2-3-4-5-6-7-18-26-22-16-12-20(13-17-22)9-8-19-10-14-21(15-11-19)23(24)25/h8-17H,2-7,18H2,1H3/b9-8+. The van der Waals surface area contributed by atoms with Gasteiger partial charge < -0.3 is 4.74 Å². The van der Waals surface area contributed by atoms with Gasteiger partial charge in [0.15, 0.2) is 0 Å². The zero-order chi connectivity index (χ0) is 18.6. The van der Waals surface area contributed by atoms with Crippen molar-refractivity contribution in [2.45, 2.75) is 45.4 Å². The predicted octanol–water partition coefficient (Wildman–Crippen LogP) is 6.50. The average Bonchev–Trinajstić information content (AvgIpc) is 2.67. The summed E-state index contributed by atoms with van der Waals surface area (Å²) in [6, 6.07) is 14.5. The van der Waals surface area contributed by atoms with Crippen molar-refractivity contribution in [1.82, 2.24) is 0 Å². The van der Waals surface area contributed by atoms with Gasteiger partial charge in [0.2, 0.25) is 0 Å². The highest BCUT2D eigenvalue weighted by Crippen LogP contribution is 2.17. The van der Waals surface area contributed by atoms with Crippen molar-refractivity contribution in [1.29, 1.82) is 0 Å². The summed E-state index contributed by atoms with van der Waals surface area (Å²) >= 11 is 0. The third-order valence-corrected chi connectivity index (χ3v) is 4.22. The smallest absolute Gasteiger partial charge is 0.269 e. The van der Waals surface area contributed by atoms with E-state index in [1.165, 1.54) is 44.2 Å². The van der Waals surface area contributed by atoms with Crippen molar-refractivity contribution < 1.29 is 9.66 Å². The molecule has 0 fully saturated rings. The van der Waals surface area contributed by atoms with Gasteiger partial charge in [-0.3, -0.25) is 10.1 Å². The molecule has 2 aromatic carbocycles. The van der Waals surface area contributed by atoms with Crippen LogP contribution in [-0.2, 0) is 0 Å². The maximum Gasteiger partial charge on any atom is 0.269 e. The molecule has 0 radical (unpaired) electrons. The molecule has 0 aromatic heterocycles. The summed E-state index contributed by atoms with van der Waals surface area (Å²) < 4.78 is 5.78. The fourth-order valence-electron chi connectivity index (χ4n) is 2.65. The minimum Gasteiger partial charge on any atom is -0.494 e. The van der Waals surface area contributed by atoms with E-state index in [0.717, 1.165) is 29.9 Å². The van der Waals surface area contributed by atoms with Gasteiger partial charge in [-0.15, -0.1) is 0 Å². The van der Waals surface area contributed by atoms with Crippen LogP contribution in [0.4, 0.5) is 5.69 Å². The van der Waals surface area contributed by atoms with Crippen LogP contribution in [0.5, 0.6) is 5.75 Å². The third-order valence-electron chi connectivity index (χ3n) is 4.22. The van der Waals surface area contributed by atoms with E-state index >= 15 is 0 Å². The normalized spacial score (nSPS) is 11.0. The van der Waals surface area contributed by atoms with Crippen molar-refractivity contribution in [2.75, 3.05) is 6.61 Å². The Morgan fingerprint density at radius 3 is 1.96 bits per heavy atom. The summed E-state index contributed by atoms with van der Waals surface area (Å²) in [6.07, 6.45) is 11.5. The molecule has 0 heterocycles. The van der Waals surface area contributed by atoms with E-state index in [1.54, 1.807) is 12.1 Å². The molecule has 0 aliphatic heterocycles. The molecule has 138 valence electrons. The molecule has 0 atom stereocenters. The Morgan fingerprint density at radius 2 is 1.38 bits per heavy atom. The lowest BCUT2D eigenvalue weighted by Crippen LogP contribution is -1.97. The first-order chi connectivity index (χ1) is 12.7. The number of non-ortho nitro benzene ring substituents is 1. The molecule has 4 nitrogen and oxygen atoms in total. The van der Waals surface area contributed by atoms with Crippen molar-refractivity contribution in [3.8, 4) is 5.75 Å². The Morgan fingerprint density at radius 1 is 0.846 bits per heavy atom. The molecule has 4 heteroatoms. The summed E-state index contributed by atoms with van der Waals surface area (Å²) in [7, 11) is 0. The van der Waals surface area contributed by atoms with Gasteiger partial charge in [0, 0.05) is 12.1 Å². The van der Waals surface area contributed by atoms with Crippen LogP contribution in [-0.4, -0.2) is 11.5 Å². The number of rotatable bonds is 11. The Bertz CT molecular complexity index is 690. The second-order valence-electron chi connectivity index (χ2n) is 6.37. The number of unbranched alkanes of at least 4 members (excludes halogenated alkanes) is 5. The maximum atomic E-state index is 10.7. The van der Waals surface area contributed by atoms with E-state index in [1.807, 2.05) is 36.4 Å². The lowest BCUT2D eigenvalue weighted by molar-refractivity contribution is -0.384. The molecule has 0 spiro atoms. The Kier molecular flexibility index (Phi) is 8.40. The lowest BCUT2D eigenvalue weighted by Gasteiger charge is -2.06. The van der Waals surface area contributed by atoms with E-state index in [-0.39, 0.29) is 5.69 Å². The van der Waals surface area contributed by atoms with Crippen LogP contribution in [0.1, 0.15) is 56.6 Å². The Balaban J connectivity index is 1.75. The predicted molar refractivity (Wildman–Crippen MR) is 107 cm³/mol. The van der Waals surface area contributed by atoms with Gasteiger partial charge in [-0.1, -0.05) is 63.3 Å².